The fourth-order valence-corrected chi connectivity index (χ4v) is 4.38. The van der Waals surface area contributed by atoms with E-state index in [4.69, 9.17) is 11.6 Å². The molecule has 2 aromatic carbocycles. The third-order valence-corrected chi connectivity index (χ3v) is 6.35. The molecule has 0 radical (unpaired) electrons. The van der Waals surface area contributed by atoms with Gasteiger partial charge in [-0.1, -0.05) is 23.4 Å². The van der Waals surface area contributed by atoms with Crippen LogP contribution in [0, 0.1) is 11.6 Å². The topological polar surface area (TPSA) is 88.9 Å². The third-order valence-electron chi connectivity index (χ3n) is 4.51. The van der Waals surface area contributed by atoms with Crippen LogP contribution in [0.3, 0.4) is 0 Å². The van der Waals surface area contributed by atoms with Crippen molar-refractivity contribution in [2.45, 2.75) is 31.6 Å². The summed E-state index contributed by atoms with van der Waals surface area (Å²) in [5.74, 6) is -1.98. The van der Waals surface area contributed by atoms with Crippen LogP contribution in [-0.4, -0.2) is 32.3 Å². The summed E-state index contributed by atoms with van der Waals surface area (Å²) in [6.07, 6.45) is 0. The standard InChI is InChI=1S/C21H19BrClF2N5O2S/c1-3-30-19(11(2)26-20(32)12-4-6-13(23)7-5-12)28-29-21(30)33-10-17(31)27-18-15(22)8-14(24)9-16(18)25/h4-9,11H,3,10H2,1-2H3,(H,26,32)(H,27,31)/t11-/m0/s1. The van der Waals surface area contributed by atoms with Crippen molar-refractivity contribution >= 4 is 56.8 Å². The summed E-state index contributed by atoms with van der Waals surface area (Å²) in [5, 5.41) is 14.6. The molecule has 0 saturated carbocycles. The van der Waals surface area contributed by atoms with Crippen LogP contribution >= 0.6 is 39.3 Å². The molecule has 1 heterocycles. The van der Waals surface area contributed by atoms with Crippen LogP contribution in [0.15, 0.2) is 46.0 Å². The lowest BCUT2D eigenvalue weighted by Crippen LogP contribution is -2.28. The minimum absolute atomic E-state index is 0.0765. The molecule has 1 aromatic heterocycles. The summed E-state index contributed by atoms with van der Waals surface area (Å²) >= 11 is 10.0. The number of rotatable bonds is 8. The van der Waals surface area contributed by atoms with Gasteiger partial charge in [-0.05, 0) is 60.1 Å². The van der Waals surface area contributed by atoms with Gasteiger partial charge < -0.3 is 15.2 Å². The molecule has 0 saturated heterocycles. The molecule has 2 amide bonds. The normalized spacial score (nSPS) is 11.8. The highest BCUT2D eigenvalue weighted by Gasteiger charge is 2.21. The fourth-order valence-electron chi connectivity index (χ4n) is 2.94. The Kier molecular flexibility index (Phi) is 8.44. The van der Waals surface area contributed by atoms with Gasteiger partial charge in [0.1, 0.15) is 5.82 Å². The molecule has 1 atom stereocenters. The maximum Gasteiger partial charge on any atom is 0.251 e. The molecule has 12 heteroatoms. The first kappa shape index (κ1) is 25.1. The maximum atomic E-state index is 13.9. The molecule has 3 aromatic rings. The zero-order chi connectivity index (χ0) is 24.1. The Hall–Kier alpha value is -2.50. The van der Waals surface area contributed by atoms with Gasteiger partial charge in [-0.2, -0.15) is 0 Å². The second-order valence-electron chi connectivity index (χ2n) is 6.87. The average Bonchev–Trinajstić information content (AvgIpc) is 3.18. The zero-order valence-corrected chi connectivity index (χ0v) is 20.7. The summed E-state index contributed by atoms with van der Waals surface area (Å²) in [4.78, 5) is 24.8. The van der Waals surface area contributed by atoms with Crippen molar-refractivity contribution in [1.82, 2.24) is 20.1 Å². The van der Waals surface area contributed by atoms with Gasteiger partial charge in [0.05, 0.1) is 17.5 Å². The van der Waals surface area contributed by atoms with E-state index in [9.17, 15) is 18.4 Å². The molecule has 174 valence electrons. The van der Waals surface area contributed by atoms with Crippen molar-refractivity contribution < 1.29 is 18.4 Å². The van der Waals surface area contributed by atoms with E-state index in [1.165, 1.54) is 0 Å². The van der Waals surface area contributed by atoms with Crippen LogP contribution in [0.1, 0.15) is 36.1 Å². The first-order valence-corrected chi connectivity index (χ1v) is 11.9. The van der Waals surface area contributed by atoms with Crippen LogP contribution < -0.4 is 10.6 Å². The van der Waals surface area contributed by atoms with Crippen molar-refractivity contribution in [2.24, 2.45) is 0 Å². The number of thioether (sulfide) groups is 1. The predicted molar refractivity (Wildman–Crippen MR) is 126 cm³/mol. The first-order valence-electron chi connectivity index (χ1n) is 9.76. The second-order valence-corrected chi connectivity index (χ2v) is 9.10. The number of carbonyl (C=O) groups excluding carboxylic acids is 2. The summed E-state index contributed by atoms with van der Waals surface area (Å²) in [5.41, 5.74) is 0.317. The number of benzene rings is 2. The summed E-state index contributed by atoms with van der Waals surface area (Å²) in [6, 6.07) is 7.80. The van der Waals surface area contributed by atoms with Crippen LogP contribution in [0.5, 0.6) is 0 Å². The molecule has 7 nitrogen and oxygen atoms in total. The Bertz CT molecular complexity index is 1150. The zero-order valence-electron chi connectivity index (χ0n) is 17.5. The highest BCUT2D eigenvalue weighted by atomic mass is 79.9. The molecule has 0 fully saturated rings. The number of hydrogen-bond donors (Lipinski definition) is 2. The van der Waals surface area contributed by atoms with Crippen molar-refractivity contribution in [3.8, 4) is 0 Å². The molecule has 0 spiro atoms. The Balaban J connectivity index is 1.64. The van der Waals surface area contributed by atoms with Gasteiger partial charge in [-0.3, -0.25) is 9.59 Å². The second kappa shape index (κ2) is 11.1. The lowest BCUT2D eigenvalue weighted by Gasteiger charge is -2.15. The van der Waals surface area contributed by atoms with Gasteiger partial charge in [0.2, 0.25) is 5.91 Å². The third kappa shape index (κ3) is 6.30. The van der Waals surface area contributed by atoms with Gasteiger partial charge in [-0.25, -0.2) is 8.78 Å². The largest absolute Gasteiger partial charge is 0.342 e. The van der Waals surface area contributed by atoms with Crippen LogP contribution in [0.25, 0.3) is 0 Å². The fraction of sp³-hybridized carbons (Fsp3) is 0.238. The van der Waals surface area contributed by atoms with Gasteiger partial charge >= 0.3 is 0 Å². The number of nitrogens with zero attached hydrogens (tertiary/aromatic N) is 3. The number of carbonyl (C=O) groups is 2. The molecule has 0 bridgehead atoms. The Morgan fingerprint density at radius 1 is 1.21 bits per heavy atom. The Morgan fingerprint density at radius 3 is 2.55 bits per heavy atom. The van der Waals surface area contributed by atoms with Crippen LogP contribution in [0.4, 0.5) is 14.5 Å². The average molecular weight is 559 g/mol. The minimum Gasteiger partial charge on any atom is -0.342 e. The molecule has 0 aliphatic carbocycles. The summed E-state index contributed by atoms with van der Waals surface area (Å²) in [7, 11) is 0. The van der Waals surface area contributed by atoms with E-state index in [1.807, 2.05) is 6.92 Å². The highest BCUT2D eigenvalue weighted by Crippen LogP contribution is 2.27. The lowest BCUT2D eigenvalue weighted by molar-refractivity contribution is -0.113. The molecule has 0 unspecified atom stereocenters. The van der Waals surface area contributed by atoms with E-state index in [0.717, 1.165) is 17.8 Å². The molecular weight excluding hydrogens is 540 g/mol. The van der Waals surface area contributed by atoms with Gasteiger partial charge in [0, 0.05) is 27.7 Å². The van der Waals surface area contributed by atoms with E-state index in [1.54, 1.807) is 35.8 Å². The van der Waals surface area contributed by atoms with E-state index < -0.39 is 23.6 Å². The Morgan fingerprint density at radius 2 is 1.91 bits per heavy atom. The number of anilines is 1. The monoisotopic (exact) mass is 557 g/mol. The van der Waals surface area contributed by atoms with Crippen molar-refractivity contribution in [3.05, 3.63) is 68.9 Å². The molecule has 3 rings (SSSR count). The number of nitrogens with one attached hydrogen (secondary N) is 2. The number of amides is 2. The summed E-state index contributed by atoms with van der Waals surface area (Å²) < 4.78 is 29.0. The maximum absolute atomic E-state index is 13.9. The van der Waals surface area contributed by atoms with E-state index in [2.05, 4.69) is 36.8 Å². The van der Waals surface area contributed by atoms with E-state index >= 15 is 0 Å². The van der Waals surface area contributed by atoms with E-state index in [0.29, 0.717) is 34.2 Å². The molecule has 33 heavy (non-hydrogen) atoms. The SMILES string of the molecule is CCn1c(SCC(=O)Nc2c(F)cc(F)cc2Br)nnc1[C@H](C)NC(=O)c1ccc(Cl)cc1. The molecule has 0 aliphatic rings. The predicted octanol–water partition coefficient (Wildman–Crippen LogP) is 5.21. The van der Waals surface area contributed by atoms with Gasteiger partial charge in [-0.15, -0.1) is 10.2 Å². The van der Waals surface area contributed by atoms with Crippen molar-refractivity contribution in [2.75, 3.05) is 11.1 Å². The number of aromatic nitrogens is 3. The van der Waals surface area contributed by atoms with Gasteiger partial charge in [0.15, 0.2) is 16.8 Å². The van der Waals surface area contributed by atoms with E-state index in [-0.39, 0.29) is 21.8 Å². The van der Waals surface area contributed by atoms with Crippen molar-refractivity contribution in [1.29, 1.82) is 0 Å². The quantitative estimate of drug-likeness (QED) is 0.371. The number of hydrogen-bond acceptors (Lipinski definition) is 5. The lowest BCUT2D eigenvalue weighted by atomic mass is 10.2. The smallest absolute Gasteiger partial charge is 0.251 e. The number of halogens is 4. The van der Waals surface area contributed by atoms with Crippen LogP contribution in [-0.2, 0) is 11.3 Å². The minimum atomic E-state index is -0.885. The van der Waals surface area contributed by atoms with Crippen LogP contribution in [0.2, 0.25) is 5.02 Å². The highest BCUT2D eigenvalue weighted by molar-refractivity contribution is 9.10. The van der Waals surface area contributed by atoms with Gasteiger partial charge in [0.25, 0.3) is 5.91 Å². The molecule has 2 N–H and O–H groups in total. The molecular formula is C21H19BrClF2N5O2S. The first-order chi connectivity index (χ1) is 15.7. The van der Waals surface area contributed by atoms with Crippen molar-refractivity contribution in [3.63, 3.8) is 0 Å². The summed E-state index contributed by atoms with van der Waals surface area (Å²) in [6.45, 7) is 4.17. The Labute approximate surface area is 206 Å². The molecule has 0 aliphatic heterocycles.